The van der Waals surface area contributed by atoms with Gasteiger partial charge in [0, 0.05) is 0 Å². The van der Waals surface area contributed by atoms with Gasteiger partial charge < -0.3 is 0 Å². The van der Waals surface area contributed by atoms with Gasteiger partial charge >= 0.3 is 0 Å². The van der Waals surface area contributed by atoms with E-state index in [9.17, 15) is 5.26 Å². The Hall–Kier alpha value is -2.85. The highest BCUT2D eigenvalue weighted by molar-refractivity contribution is 5.94. The van der Waals surface area contributed by atoms with Crippen LogP contribution in [0, 0.1) is 18.3 Å². The summed E-state index contributed by atoms with van der Waals surface area (Å²) >= 11 is 0. The van der Waals surface area contributed by atoms with E-state index in [0.29, 0.717) is 5.57 Å². The molecule has 3 aromatic rings. The lowest BCUT2D eigenvalue weighted by Gasteiger charge is -2.04. The van der Waals surface area contributed by atoms with Crippen LogP contribution in [-0.4, -0.2) is 0 Å². The standard InChI is InChI=1S/C20H15N/c1-15-6-2-3-8-17(15)12-20(14-21)19-11-10-16-7-4-5-9-18(16)13-19/h2-13H,1H3. The molecule has 0 bridgehead atoms. The number of hydrogen-bond donors (Lipinski definition) is 0. The Balaban J connectivity index is 2.10. The lowest BCUT2D eigenvalue weighted by Crippen LogP contribution is -1.85. The second kappa shape index (κ2) is 5.64. The average Bonchev–Trinajstić information content (AvgIpc) is 2.54. The summed E-state index contributed by atoms with van der Waals surface area (Å²) in [4.78, 5) is 0. The van der Waals surface area contributed by atoms with Crippen LogP contribution in [0.1, 0.15) is 16.7 Å². The van der Waals surface area contributed by atoms with E-state index in [1.165, 1.54) is 10.9 Å². The van der Waals surface area contributed by atoms with Gasteiger partial charge in [0.05, 0.1) is 11.6 Å². The summed E-state index contributed by atoms with van der Waals surface area (Å²) < 4.78 is 0. The molecule has 1 heteroatoms. The minimum absolute atomic E-state index is 0.690. The molecule has 0 unspecified atom stereocenters. The van der Waals surface area contributed by atoms with Gasteiger partial charge in [-0.25, -0.2) is 0 Å². The normalized spacial score (nSPS) is 11.3. The highest BCUT2D eigenvalue weighted by Crippen LogP contribution is 2.23. The summed E-state index contributed by atoms with van der Waals surface area (Å²) in [5.74, 6) is 0. The topological polar surface area (TPSA) is 23.8 Å². The molecule has 0 aliphatic heterocycles. The van der Waals surface area contributed by atoms with Gasteiger partial charge in [-0.1, -0.05) is 60.7 Å². The van der Waals surface area contributed by atoms with Crippen molar-refractivity contribution in [3.63, 3.8) is 0 Å². The van der Waals surface area contributed by atoms with Crippen LogP contribution >= 0.6 is 0 Å². The molecule has 0 N–H and O–H groups in total. The Morgan fingerprint density at radius 2 is 1.62 bits per heavy atom. The molecule has 0 amide bonds. The van der Waals surface area contributed by atoms with E-state index in [-0.39, 0.29) is 0 Å². The number of benzene rings is 3. The first-order valence-corrected chi connectivity index (χ1v) is 6.94. The number of fused-ring (bicyclic) bond motifs is 1. The van der Waals surface area contributed by atoms with Gasteiger partial charge in [-0.2, -0.15) is 5.26 Å². The largest absolute Gasteiger partial charge is 0.192 e. The Morgan fingerprint density at radius 1 is 0.905 bits per heavy atom. The Bertz CT molecular complexity index is 866. The molecule has 3 aromatic carbocycles. The van der Waals surface area contributed by atoms with Crippen molar-refractivity contribution in [2.45, 2.75) is 6.92 Å². The second-order valence-electron chi connectivity index (χ2n) is 5.09. The van der Waals surface area contributed by atoms with Gasteiger partial charge in [-0.3, -0.25) is 0 Å². The van der Waals surface area contributed by atoms with E-state index in [2.05, 4.69) is 43.3 Å². The quantitative estimate of drug-likeness (QED) is 0.462. The Labute approximate surface area is 124 Å². The fourth-order valence-corrected chi connectivity index (χ4v) is 2.44. The number of nitrogens with zero attached hydrogens (tertiary/aromatic N) is 1. The van der Waals surface area contributed by atoms with Crippen LogP contribution in [0.15, 0.2) is 66.7 Å². The van der Waals surface area contributed by atoms with Gasteiger partial charge in [0.15, 0.2) is 0 Å². The van der Waals surface area contributed by atoms with Crippen molar-refractivity contribution in [2.24, 2.45) is 0 Å². The zero-order chi connectivity index (χ0) is 14.7. The minimum Gasteiger partial charge on any atom is -0.192 e. The molecule has 3 rings (SSSR count). The summed E-state index contributed by atoms with van der Waals surface area (Å²) in [6.07, 6.45) is 1.96. The zero-order valence-electron chi connectivity index (χ0n) is 11.9. The molecule has 1 nitrogen and oxygen atoms in total. The van der Waals surface area contributed by atoms with Gasteiger partial charge in [-0.05, 0) is 46.5 Å². The predicted molar refractivity (Wildman–Crippen MR) is 88.6 cm³/mol. The number of allylic oxidation sites excluding steroid dienone is 1. The molecule has 0 radical (unpaired) electrons. The van der Waals surface area contributed by atoms with Crippen molar-refractivity contribution < 1.29 is 0 Å². The third kappa shape index (κ3) is 2.70. The predicted octanol–water partition coefficient (Wildman–Crippen LogP) is 5.21. The van der Waals surface area contributed by atoms with E-state index in [1.54, 1.807) is 0 Å². The molecule has 0 heterocycles. The van der Waals surface area contributed by atoms with E-state index >= 15 is 0 Å². The number of rotatable bonds is 2. The van der Waals surface area contributed by atoms with Crippen molar-refractivity contribution in [2.75, 3.05) is 0 Å². The molecule has 0 saturated carbocycles. The van der Waals surface area contributed by atoms with Crippen LogP contribution in [0.5, 0.6) is 0 Å². The van der Waals surface area contributed by atoms with Crippen LogP contribution in [0.4, 0.5) is 0 Å². The lowest BCUT2D eigenvalue weighted by atomic mass is 9.99. The van der Waals surface area contributed by atoms with E-state index in [1.807, 2.05) is 42.5 Å². The third-order valence-corrected chi connectivity index (χ3v) is 3.67. The number of aryl methyl sites for hydroxylation is 1. The highest BCUT2D eigenvalue weighted by Gasteiger charge is 2.03. The summed E-state index contributed by atoms with van der Waals surface area (Å²) in [6.45, 7) is 2.06. The van der Waals surface area contributed by atoms with Crippen LogP contribution in [0.2, 0.25) is 0 Å². The van der Waals surface area contributed by atoms with Gasteiger partial charge in [0.25, 0.3) is 0 Å². The molecule has 0 atom stereocenters. The van der Waals surface area contributed by atoms with Crippen LogP contribution in [0.25, 0.3) is 22.4 Å². The van der Waals surface area contributed by atoms with Crippen molar-refractivity contribution in [3.05, 3.63) is 83.4 Å². The molecule has 0 saturated heterocycles. The van der Waals surface area contributed by atoms with Crippen LogP contribution < -0.4 is 0 Å². The highest BCUT2D eigenvalue weighted by atomic mass is 14.2. The second-order valence-corrected chi connectivity index (χ2v) is 5.09. The first-order valence-electron chi connectivity index (χ1n) is 6.94. The maximum atomic E-state index is 9.49. The fraction of sp³-hybridized carbons (Fsp3) is 0.0500. The SMILES string of the molecule is Cc1ccccc1C=C(C#N)c1ccc2ccccc2c1. The van der Waals surface area contributed by atoms with Gasteiger partial charge in [-0.15, -0.1) is 0 Å². The molecule has 21 heavy (non-hydrogen) atoms. The molecular weight excluding hydrogens is 254 g/mol. The molecular formula is C20H15N. The fourth-order valence-electron chi connectivity index (χ4n) is 2.44. The van der Waals surface area contributed by atoms with Crippen molar-refractivity contribution in [1.82, 2.24) is 0 Å². The molecule has 100 valence electrons. The average molecular weight is 269 g/mol. The van der Waals surface area contributed by atoms with Crippen molar-refractivity contribution in [1.29, 1.82) is 5.26 Å². The zero-order valence-corrected chi connectivity index (χ0v) is 11.9. The molecule has 0 aliphatic rings. The first-order chi connectivity index (χ1) is 10.3. The van der Waals surface area contributed by atoms with E-state index in [4.69, 9.17) is 0 Å². The number of nitriles is 1. The number of hydrogen-bond acceptors (Lipinski definition) is 1. The first kappa shape index (κ1) is 13.1. The van der Waals surface area contributed by atoms with Gasteiger partial charge in [0.2, 0.25) is 0 Å². The summed E-state index contributed by atoms with van der Waals surface area (Å²) in [5.41, 5.74) is 3.91. The minimum atomic E-state index is 0.690. The van der Waals surface area contributed by atoms with Crippen molar-refractivity contribution in [3.8, 4) is 6.07 Å². The maximum absolute atomic E-state index is 9.49. The molecule has 0 fully saturated rings. The summed E-state index contributed by atoms with van der Waals surface area (Å²) in [6, 6.07) is 24.8. The smallest absolute Gasteiger partial charge is 0.0998 e. The Morgan fingerprint density at radius 3 is 2.38 bits per heavy atom. The lowest BCUT2D eigenvalue weighted by molar-refractivity contribution is 1.44. The van der Waals surface area contributed by atoms with E-state index < -0.39 is 0 Å². The van der Waals surface area contributed by atoms with Crippen molar-refractivity contribution >= 4 is 22.4 Å². The van der Waals surface area contributed by atoms with Crippen LogP contribution in [0.3, 0.4) is 0 Å². The maximum Gasteiger partial charge on any atom is 0.0998 e. The molecule has 0 aromatic heterocycles. The Kier molecular flexibility index (Phi) is 3.53. The summed E-state index contributed by atoms with van der Waals surface area (Å²) in [7, 11) is 0. The monoisotopic (exact) mass is 269 g/mol. The third-order valence-electron chi connectivity index (χ3n) is 3.67. The molecule has 0 aliphatic carbocycles. The van der Waals surface area contributed by atoms with Crippen LogP contribution in [-0.2, 0) is 0 Å². The van der Waals surface area contributed by atoms with E-state index in [0.717, 1.165) is 16.5 Å². The van der Waals surface area contributed by atoms with Gasteiger partial charge in [0.1, 0.15) is 0 Å². The summed E-state index contributed by atoms with van der Waals surface area (Å²) in [5, 5.41) is 11.8. The molecule has 0 spiro atoms.